The molecule has 9 heteroatoms. The van der Waals surface area contributed by atoms with Gasteiger partial charge in [0.05, 0.1) is 58.9 Å². The van der Waals surface area contributed by atoms with E-state index in [1.54, 1.807) is 0 Å². The van der Waals surface area contributed by atoms with Crippen LogP contribution in [0.25, 0.3) is 0 Å². The van der Waals surface area contributed by atoms with Crippen LogP contribution in [0.15, 0.2) is 0 Å². The Morgan fingerprint density at radius 3 is 0.941 bits per heavy atom. The monoisotopic (exact) mass is 490 g/mol. The van der Waals surface area contributed by atoms with Crippen LogP contribution in [0.3, 0.4) is 0 Å². The van der Waals surface area contributed by atoms with E-state index in [1.807, 2.05) is 62.3 Å². The summed E-state index contributed by atoms with van der Waals surface area (Å²) in [6.45, 7) is 17.8. The molecule has 0 fully saturated rings. The van der Waals surface area contributed by atoms with Gasteiger partial charge >= 0.3 is 17.9 Å². The first-order valence-corrected chi connectivity index (χ1v) is 11.9. The van der Waals surface area contributed by atoms with Crippen molar-refractivity contribution in [2.24, 2.45) is 5.92 Å². The maximum absolute atomic E-state index is 11.8. The zero-order chi connectivity index (χ0) is 26.4. The van der Waals surface area contributed by atoms with Crippen molar-refractivity contribution in [3.05, 3.63) is 0 Å². The van der Waals surface area contributed by atoms with Gasteiger partial charge in [0.15, 0.2) is 0 Å². The molecule has 200 valence electrons. The van der Waals surface area contributed by atoms with Gasteiger partial charge in [-0.25, -0.2) is 0 Å². The molecule has 0 saturated carbocycles. The van der Waals surface area contributed by atoms with Crippen LogP contribution in [-0.2, 0) is 42.8 Å². The molecule has 9 nitrogen and oxygen atoms in total. The van der Waals surface area contributed by atoms with E-state index < -0.39 is 16.8 Å². The summed E-state index contributed by atoms with van der Waals surface area (Å²) in [4.78, 5) is 35.4. The molecule has 0 saturated heterocycles. The van der Waals surface area contributed by atoms with Crippen molar-refractivity contribution in [1.82, 2.24) is 0 Å². The van der Waals surface area contributed by atoms with Gasteiger partial charge in [0.1, 0.15) is 16.8 Å². The van der Waals surface area contributed by atoms with Crippen LogP contribution in [0.2, 0.25) is 0 Å². The summed E-state index contributed by atoms with van der Waals surface area (Å²) >= 11 is 0. The Morgan fingerprint density at radius 2 is 0.735 bits per heavy atom. The number of carbonyl (C=O) groups excluding carboxylic acids is 3. The first-order valence-electron chi connectivity index (χ1n) is 11.9. The van der Waals surface area contributed by atoms with Gasteiger partial charge in [-0.3, -0.25) is 14.4 Å². The minimum atomic E-state index is -0.538. The fourth-order valence-corrected chi connectivity index (χ4v) is 2.54. The number of rotatable bonds is 15. The largest absolute Gasteiger partial charge is 0.460 e. The van der Waals surface area contributed by atoms with Gasteiger partial charge in [0.2, 0.25) is 0 Å². The van der Waals surface area contributed by atoms with Crippen LogP contribution in [0, 0.1) is 5.92 Å². The molecule has 0 radical (unpaired) electrons. The molecule has 0 atom stereocenters. The molecule has 0 amide bonds. The molecule has 0 N–H and O–H groups in total. The third-order valence-electron chi connectivity index (χ3n) is 3.67. The topological polar surface area (TPSA) is 107 Å². The molecule has 0 heterocycles. The normalized spacial score (nSPS) is 12.5. The number of hydrogen-bond donors (Lipinski definition) is 0. The molecule has 0 rings (SSSR count). The molecule has 0 aromatic rings. The molecule has 0 aliphatic heterocycles. The fourth-order valence-electron chi connectivity index (χ4n) is 2.54. The molecule has 0 unspecified atom stereocenters. The summed E-state index contributed by atoms with van der Waals surface area (Å²) in [6, 6.07) is 0. The van der Waals surface area contributed by atoms with Crippen LogP contribution in [0.1, 0.15) is 81.6 Å². The summed E-state index contributed by atoms with van der Waals surface area (Å²) in [5.41, 5.74) is -1.61. The maximum Gasteiger partial charge on any atom is 0.308 e. The van der Waals surface area contributed by atoms with E-state index in [4.69, 9.17) is 28.4 Å². The Labute approximate surface area is 205 Å². The quantitative estimate of drug-likeness (QED) is 0.192. The second kappa shape index (κ2) is 15.3. The molecule has 34 heavy (non-hydrogen) atoms. The standard InChI is InChI=1S/C25H46O9/c1-23(2,3)32-20(26)10-13-29-16-19(17-30-14-11-21(27)33-24(4,5)6)18-31-15-12-22(28)34-25(7,8)9/h19H,10-18H2,1-9H3. The molecule has 0 bridgehead atoms. The van der Waals surface area contributed by atoms with Gasteiger partial charge < -0.3 is 28.4 Å². The molecular weight excluding hydrogens is 444 g/mol. The van der Waals surface area contributed by atoms with Gasteiger partial charge in [0, 0.05) is 5.92 Å². The summed E-state index contributed by atoms with van der Waals surface area (Å²) in [7, 11) is 0. The average molecular weight is 491 g/mol. The SMILES string of the molecule is CC(C)(C)OC(=O)CCOCC(COCCC(=O)OC(C)(C)C)COCCC(=O)OC(C)(C)C. The molecule has 0 aromatic carbocycles. The number of carbonyl (C=O) groups is 3. The van der Waals surface area contributed by atoms with E-state index in [0.717, 1.165) is 0 Å². The van der Waals surface area contributed by atoms with E-state index in [2.05, 4.69) is 0 Å². The lowest BCUT2D eigenvalue weighted by Crippen LogP contribution is -2.27. The van der Waals surface area contributed by atoms with E-state index in [-0.39, 0.29) is 62.9 Å². The Hall–Kier alpha value is -1.71. The molecular formula is C25H46O9. The van der Waals surface area contributed by atoms with Crippen LogP contribution in [-0.4, -0.2) is 74.4 Å². The van der Waals surface area contributed by atoms with Crippen molar-refractivity contribution in [3.8, 4) is 0 Å². The average Bonchev–Trinajstić information content (AvgIpc) is 2.60. The van der Waals surface area contributed by atoms with E-state index in [0.29, 0.717) is 19.8 Å². The summed E-state index contributed by atoms with van der Waals surface area (Å²) in [6.07, 6.45) is 0.426. The summed E-state index contributed by atoms with van der Waals surface area (Å²) in [5.74, 6) is -1.13. The van der Waals surface area contributed by atoms with Gasteiger partial charge in [-0.05, 0) is 62.3 Å². The van der Waals surface area contributed by atoms with Crippen LogP contribution in [0.4, 0.5) is 0 Å². The minimum absolute atomic E-state index is 0.142. The van der Waals surface area contributed by atoms with Crippen molar-refractivity contribution in [3.63, 3.8) is 0 Å². The lowest BCUT2D eigenvalue weighted by molar-refractivity contribution is -0.157. The Balaban J connectivity index is 4.43. The lowest BCUT2D eigenvalue weighted by Gasteiger charge is -2.21. The number of hydrogen-bond acceptors (Lipinski definition) is 9. The number of ether oxygens (including phenoxy) is 6. The van der Waals surface area contributed by atoms with Crippen LogP contribution >= 0.6 is 0 Å². The zero-order valence-electron chi connectivity index (χ0n) is 22.6. The number of esters is 3. The highest BCUT2D eigenvalue weighted by Crippen LogP contribution is 2.11. The third kappa shape index (κ3) is 22.1. The van der Waals surface area contributed by atoms with Crippen LogP contribution < -0.4 is 0 Å². The van der Waals surface area contributed by atoms with Crippen molar-refractivity contribution in [2.45, 2.75) is 98.4 Å². The minimum Gasteiger partial charge on any atom is -0.460 e. The van der Waals surface area contributed by atoms with Crippen molar-refractivity contribution < 1.29 is 42.8 Å². The van der Waals surface area contributed by atoms with E-state index >= 15 is 0 Å². The highest BCUT2D eigenvalue weighted by Gasteiger charge is 2.19. The first kappa shape index (κ1) is 32.3. The van der Waals surface area contributed by atoms with Crippen LogP contribution in [0.5, 0.6) is 0 Å². The summed E-state index contributed by atoms with van der Waals surface area (Å²) in [5, 5.41) is 0. The van der Waals surface area contributed by atoms with Crippen molar-refractivity contribution in [2.75, 3.05) is 39.6 Å². The Morgan fingerprint density at radius 1 is 0.500 bits per heavy atom. The smallest absolute Gasteiger partial charge is 0.308 e. The maximum atomic E-state index is 11.8. The highest BCUT2D eigenvalue weighted by atomic mass is 16.6. The van der Waals surface area contributed by atoms with Crippen molar-refractivity contribution in [1.29, 1.82) is 0 Å². The van der Waals surface area contributed by atoms with E-state index in [9.17, 15) is 14.4 Å². The van der Waals surface area contributed by atoms with Gasteiger partial charge in [-0.2, -0.15) is 0 Å². The fraction of sp³-hybridized carbons (Fsp3) is 0.880. The molecule has 0 aromatic heterocycles. The van der Waals surface area contributed by atoms with Crippen molar-refractivity contribution >= 4 is 17.9 Å². The molecule has 0 aliphatic rings. The zero-order valence-corrected chi connectivity index (χ0v) is 22.6. The first-order chi connectivity index (χ1) is 15.5. The summed E-state index contributed by atoms with van der Waals surface area (Å²) < 4.78 is 32.7. The van der Waals surface area contributed by atoms with Gasteiger partial charge in [-0.15, -0.1) is 0 Å². The Bertz CT molecular complexity index is 524. The third-order valence-corrected chi connectivity index (χ3v) is 3.67. The predicted molar refractivity (Wildman–Crippen MR) is 127 cm³/mol. The highest BCUT2D eigenvalue weighted by molar-refractivity contribution is 5.70. The van der Waals surface area contributed by atoms with E-state index in [1.165, 1.54) is 0 Å². The second-order valence-corrected chi connectivity index (χ2v) is 11.1. The second-order valence-electron chi connectivity index (χ2n) is 11.1. The van der Waals surface area contributed by atoms with Gasteiger partial charge in [0.25, 0.3) is 0 Å². The van der Waals surface area contributed by atoms with Gasteiger partial charge in [-0.1, -0.05) is 0 Å². The molecule has 0 aliphatic carbocycles. The Kier molecular flexibility index (Phi) is 14.5. The predicted octanol–water partition coefficient (Wildman–Crippen LogP) is 3.85. The molecule has 0 spiro atoms. The lowest BCUT2D eigenvalue weighted by atomic mass is 10.2.